The third-order valence-electron chi connectivity index (χ3n) is 5.23. The first-order valence-electron chi connectivity index (χ1n) is 9.25. The van der Waals surface area contributed by atoms with Gasteiger partial charge in [0, 0.05) is 34.0 Å². The van der Waals surface area contributed by atoms with E-state index in [-0.39, 0.29) is 17.7 Å². The SMILES string of the molecule is COc1ccc2[nH]c(=O)c([C@H]3CC(=O)Oc4cc(OC)c(OC)c(OC)c43)cc2c1. The molecule has 2 heterocycles. The van der Waals surface area contributed by atoms with Crippen LogP contribution in [0.25, 0.3) is 10.9 Å². The van der Waals surface area contributed by atoms with Crippen LogP contribution in [0.15, 0.2) is 35.1 Å². The van der Waals surface area contributed by atoms with Crippen molar-refractivity contribution in [2.45, 2.75) is 12.3 Å². The smallest absolute Gasteiger partial charge is 0.312 e. The molecule has 2 aromatic carbocycles. The molecule has 0 saturated carbocycles. The summed E-state index contributed by atoms with van der Waals surface area (Å²) in [5, 5.41) is 0.781. The minimum atomic E-state index is -0.588. The lowest BCUT2D eigenvalue weighted by Gasteiger charge is -2.28. The number of carbonyl (C=O) groups excluding carboxylic acids is 1. The first kappa shape index (κ1) is 19.6. The molecule has 0 unspecified atom stereocenters. The van der Waals surface area contributed by atoms with E-state index in [9.17, 15) is 9.59 Å². The molecule has 0 amide bonds. The van der Waals surface area contributed by atoms with Crippen LogP contribution in [0.1, 0.15) is 23.5 Å². The quantitative estimate of drug-likeness (QED) is 0.509. The highest BCUT2D eigenvalue weighted by molar-refractivity contribution is 5.83. The summed E-state index contributed by atoms with van der Waals surface area (Å²) in [6.45, 7) is 0. The number of nitrogens with one attached hydrogen (secondary N) is 1. The summed E-state index contributed by atoms with van der Waals surface area (Å²) in [5.74, 6) is 0.972. The highest BCUT2D eigenvalue weighted by Gasteiger charge is 2.36. The molecule has 3 aromatic rings. The third kappa shape index (κ3) is 3.10. The molecule has 1 N–H and O–H groups in total. The fourth-order valence-corrected chi connectivity index (χ4v) is 3.86. The fraction of sp³-hybridized carbons (Fsp3) is 0.273. The molecular formula is C22H21NO7. The minimum Gasteiger partial charge on any atom is -0.497 e. The van der Waals surface area contributed by atoms with E-state index in [0.717, 1.165) is 5.39 Å². The van der Waals surface area contributed by atoms with E-state index in [0.29, 0.717) is 39.6 Å². The van der Waals surface area contributed by atoms with Crippen molar-refractivity contribution in [3.05, 3.63) is 51.8 Å². The molecule has 0 spiro atoms. The number of carbonyl (C=O) groups is 1. The van der Waals surface area contributed by atoms with Crippen molar-refractivity contribution in [2.24, 2.45) is 0 Å². The van der Waals surface area contributed by atoms with Gasteiger partial charge in [0.15, 0.2) is 11.5 Å². The van der Waals surface area contributed by atoms with E-state index in [1.54, 1.807) is 31.4 Å². The molecule has 4 rings (SSSR count). The van der Waals surface area contributed by atoms with Gasteiger partial charge in [-0.25, -0.2) is 0 Å². The van der Waals surface area contributed by atoms with E-state index in [1.165, 1.54) is 21.3 Å². The van der Waals surface area contributed by atoms with Crippen molar-refractivity contribution in [3.63, 3.8) is 0 Å². The Bertz CT molecular complexity index is 1200. The Hall–Kier alpha value is -3.68. The topological polar surface area (TPSA) is 96.1 Å². The number of methoxy groups -OCH3 is 4. The van der Waals surface area contributed by atoms with Crippen LogP contribution in [0.3, 0.4) is 0 Å². The number of aromatic nitrogens is 1. The minimum absolute atomic E-state index is 0.0165. The number of aromatic amines is 1. The predicted molar refractivity (Wildman–Crippen MR) is 109 cm³/mol. The first-order chi connectivity index (χ1) is 14.5. The van der Waals surface area contributed by atoms with E-state index in [4.69, 9.17) is 23.7 Å². The van der Waals surface area contributed by atoms with Crippen LogP contribution >= 0.6 is 0 Å². The van der Waals surface area contributed by atoms with Gasteiger partial charge in [0.1, 0.15) is 11.5 Å². The number of hydrogen-bond donors (Lipinski definition) is 1. The van der Waals surface area contributed by atoms with Gasteiger partial charge in [-0.05, 0) is 24.3 Å². The Labute approximate surface area is 172 Å². The van der Waals surface area contributed by atoms with Crippen LogP contribution in [-0.2, 0) is 4.79 Å². The van der Waals surface area contributed by atoms with Gasteiger partial charge in [0.05, 0.1) is 34.9 Å². The average molecular weight is 411 g/mol. The molecule has 0 aliphatic carbocycles. The second-order valence-electron chi connectivity index (χ2n) is 6.79. The standard InChI is InChI=1S/C22H21NO7/c1-26-12-5-6-15-11(7-12)8-14(22(25)23-15)13-9-18(24)30-16-10-17(27-2)20(28-3)21(29-4)19(13)16/h5-8,10,13H,9H2,1-4H3,(H,23,25)/t13-/m1/s1. The van der Waals surface area contributed by atoms with E-state index >= 15 is 0 Å². The fourth-order valence-electron chi connectivity index (χ4n) is 3.86. The van der Waals surface area contributed by atoms with Crippen molar-refractivity contribution in [1.82, 2.24) is 4.98 Å². The summed E-state index contributed by atoms with van der Waals surface area (Å²) in [5.41, 5.74) is 1.35. The third-order valence-corrected chi connectivity index (χ3v) is 5.23. The first-order valence-corrected chi connectivity index (χ1v) is 9.25. The average Bonchev–Trinajstić information content (AvgIpc) is 2.76. The van der Waals surface area contributed by atoms with E-state index < -0.39 is 11.9 Å². The number of H-pyrrole nitrogens is 1. The van der Waals surface area contributed by atoms with E-state index in [2.05, 4.69) is 4.98 Å². The lowest BCUT2D eigenvalue weighted by atomic mass is 9.85. The molecule has 0 saturated heterocycles. The zero-order valence-electron chi connectivity index (χ0n) is 17.0. The zero-order chi connectivity index (χ0) is 21.4. The van der Waals surface area contributed by atoms with Crippen LogP contribution < -0.4 is 29.2 Å². The molecule has 1 atom stereocenters. The Morgan fingerprint density at radius 2 is 1.70 bits per heavy atom. The van der Waals surface area contributed by atoms with Crippen LogP contribution in [0.2, 0.25) is 0 Å². The number of pyridine rings is 1. The maximum absolute atomic E-state index is 12.9. The number of fused-ring (bicyclic) bond motifs is 2. The molecule has 1 aromatic heterocycles. The highest BCUT2D eigenvalue weighted by atomic mass is 16.5. The predicted octanol–water partition coefficient (Wildman–Crippen LogP) is 3.00. The number of hydrogen-bond acceptors (Lipinski definition) is 7. The van der Waals surface area contributed by atoms with Gasteiger partial charge in [-0.3, -0.25) is 9.59 Å². The summed E-state index contributed by atoms with van der Waals surface area (Å²) >= 11 is 0. The lowest BCUT2D eigenvalue weighted by molar-refractivity contribution is -0.135. The summed E-state index contributed by atoms with van der Waals surface area (Å²) in [6, 6.07) is 8.70. The zero-order valence-corrected chi connectivity index (χ0v) is 17.0. The Balaban J connectivity index is 1.98. The van der Waals surface area contributed by atoms with Gasteiger partial charge in [-0.1, -0.05) is 0 Å². The highest BCUT2D eigenvalue weighted by Crippen LogP contribution is 2.52. The summed E-state index contributed by atoms with van der Waals surface area (Å²) in [7, 11) is 6.03. The normalized spacial score (nSPS) is 15.3. The van der Waals surface area contributed by atoms with Gasteiger partial charge in [0.2, 0.25) is 5.75 Å². The molecule has 8 nitrogen and oxygen atoms in total. The molecule has 1 aliphatic heterocycles. The number of benzene rings is 2. The second-order valence-corrected chi connectivity index (χ2v) is 6.79. The maximum Gasteiger partial charge on any atom is 0.312 e. The molecule has 8 heteroatoms. The van der Waals surface area contributed by atoms with Crippen LogP contribution in [-0.4, -0.2) is 39.4 Å². The van der Waals surface area contributed by atoms with Gasteiger partial charge in [0.25, 0.3) is 5.56 Å². The lowest BCUT2D eigenvalue weighted by Crippen LogP contribution is -2.26. The van der Waals surface area contributed by atoms with Gasteiger partial charge >= 0.3 is 5.97 Å². The van der Waals surface area contributed by atoms with Crippen LogP contribution in [0.4, 0.5) is 0 Å². The van der Waals surface area contributed by atoms with Crippen molar-refractivity contribution in [3.8, 4) is 28.7 Å². The molecule has 0 fully saturated rings. The Morgan fingerprint density at radius 3 is 2.37 bits per heavy atom. The monoisotopic (exact) mass is 411 g/mol. The van der Waals surface area contributed by atoms with Crippen molar-refractivity contribution >= 4 is 16.9 Å². The number of esters is 1. The summed E-state index contributed by atoms with van der Waals surface area (Å²) in [6.07, 6.45) is -0.0165. The van der Waals surface area contributed by atoms with Gasteiger partial charge < -0.3 is 28.7 Å². The van der Waals surface area contributed by atoms with Gasteiger partial charge in [-0.2, -0.15) is 0 Å². The second kappa shape index (κ2) is 7.62. The van der Waals surface area contributed by atoms with Crippen LogP contribution in [0, 0.1) is 0 Å². The molecule has 0 bridgehead atoms. The van der Waals surface area contributed by atoms with Gasteiger partial charge in [-0.15, -0.1) is 0 Å². The number of rotatable bonds is 5. The maximum atomic E-state index is 12.9. The molecular weight excluding hydrogens is 390 g/mol. The van der Waals surface area contributed by atoms with Crippen molar-refractivity contribution < 1.29 is 28.5 Å². The van der Waals surface area contributed by atoms with Crippen LogP contribution in [0.5, 0.6) is 28.7 Å². The Kier molecular flexibility index (Phi) is 4.99. The largest absolute Gasteiger partial charge is 0.497 e. The molecule has 1 aliphatic rings. The summed E-state index contributed by atoms with van der Waals surface area (Å²) in [4.78, 5) is 28.2. The molecule has 0 radical (unpaired) electrons. The summed E-state index contributed by atoms with van der Waals surface area (Å²) < 4.78 is 27.2. The molecule has 30 heavy (non-hydrogen) atoms. The Morgan fingerprint density at radius 1 is 0.933 bits per heavy atom. The van der Waals surface area contributed by atoms with E-state index in [1.807, 2.05) is 6.07 Å². The molecule has 156 valence electrons. The number of ether oxygens (including phenoxy) is 5. The van der Waals surface area contributed by atoms with Crippen molar-refractivity contribution in [2.75, 3.05) is 28.4 Å². The van der Waals surface area contributed by atoms with Crippen molar-refractivity contribution in [1.29, 1.82) is 0 Å².